The maximum absolute atomic E-state index is 12.9. The van der Waals surface area contributed by atoms with Crippen molar-refractivity contribution in [3.63, 3.8) is 0 Å². The summed E-state index contributed by atoms with van der Waals surface area (Å²) in [6.07, 6.45) is 1.32. The predicted molar refractivity (Wildman–Crippen MR) is 78.6 cm³/mol. The zero-order valence-electron chi connectivity index (χ0n) is 12.0. The van der Waals surface area contributed by atoms with Crippen molar-refractivity contribution in [2.24, 2.45) is 5.73 Å². The molecule has 1 aromatic rings. The van der Waals surface area contributed by atoms with Gasteiger partial charge in [0.15, 0.2) is 0 Å². The van der Waals surface area contributed by atoms with E-state index in [-0.39, 0.29) is 30.3 Å². The van der Waals surface area contributed by atoms with Gasteiger partial charge in [0.1, 0.15) is 5.82 Å². The molecular weight excluding hydrogens is 295 g/mol. The number of benzene rings is 1. The summed E-state index contributed by atoms with van der Waals surface area (Å²) in [5.41, 5.74) is 6.28. The summed E-state index contributed by atoms with van der Waals surface area (Å²) in [7, 11) is -1.84. The molecular formula is C14H21FN2O3S. The number of nitrogens with two attached hydrogens (primary N) is 1. The van der Waals surface area contributed by atoms with Crippen LogP contribution in [0.1, 0.15) is 18.4 Å². The van der Waals surface area contributed by atoms with Gasteiger partial charge in [-0.2, -0.15) is 4.31 Å². The Hall–Kier alpha value is -1.02. The topological polar surface area (TPSA) is 72.6 Å². The van der Waals surface area contributed by atoms with E-state index in [0.29, 0.717) is 24.9 Å². The fraction of sp³-hybridized carbons (Fsp3) is 0.571. The van der Waals surface area contributed by atoms with Gasteiger partial charge >= 0.3 is 0 Å². The predicted octanol–water partition coefficient (Wildman–Crippen LogP) is 1.09. The SMILES string of the molecule is COC1CCN(S(=O)(=O)Cc2ccc(F)cc2)C(CN)C1. The van der Waals surface area contributed by atoms with E-state index in [0.717, 1.165) is 0 Å². The molecule has 118 valence electrons. The molecule has 0 bridgehead atoms. The molecule has 2 N–H and O–H groups in total. The van der Waals surface area contributed by atoms with E-state index in [1.807, 2.05) is 0 Å². The second kappa shape index (κ2) is 6.83. The van der Waals surface area contributed by atoms with Crippen molar-refractivity contribution in [2.45, 2.75) is 30.7 Å². The molecule has 0 radical (unpaired) electrons. The van der Waals surface area contributed by atoms with Gasteiger partial charge < -0.3 is 10.5 Å². The number of sulfonamides is 1. The first kappa shape index (κ1) is 16.4. The van der Waals surface area contributed by atoms with Gasteiger partial charge in [0.05, 0.1) is 11.9 Å². The number of hydrogen-bond acceptors (Lipinski definition) is 4. The molecule has 0 aromatic heterocycles. The van der Waals surface area contributed by atoms with E-state index in [1.165, 1.54) is 28.6 Å². The van der Waals surface area contributed by atoms with Gasteiger partial charge in [-0.15, -0.1) is 0 Å². The minimum Gasteiger partial charge on any atom is -0.381 e. The Kier molecular flexibility index (Phi) is 5.32. The summed E-state index contributed by atoms with van der Waals surface area (Å²) in [6, 6.07) is 5.28. The normalized spacial score (nSPS) is 24.1. The van der Waals surface area contributed by atoms with Crippen molar-refractivity contribution in [3.8, 4) is 0 Å². The number of piperidine rings is 1. The molecule has 1 heterocycles. The van der Waals surface area contributed by atoms with Crippen molar-refractivity contribution in [1.82, 2.24) is 4.31 Å². The minimum absolute atomic E-state index is 0.0517. The van der Waals surface area contributed by atoms with Crippen molar-refractivity contribution in [3.05, 3.63) is 35.6 Å². The van der Waals surface area contributed by atoms with Gasteiger partial charge in [0.2, 0.25) is 10.0 Å². The first-order valence-electron chi connectivity index (χ1n) is 6.93. The molecule has 1 aliphatic rings. The van der Waals surface area contributed by atoms with Crippen LogP contribution in [-0.4, -0.2) is 45.1 Å². The van der Waals surface area contributed by atoms with E-state index >= 15 is 0 Å². The van der Waals surface area contributed by atoms with E-state index in [1.54, 1.807) is 7.11 Å². The van der Waals surface area contributed by atoms with Crippen LogP contribution in [0.3, 0.4) is 0 Å². The molecule has 1 aromatic carbocycles. The Bertz CT molecular complexity index is 562. The molecule has 0 amide bonds. The minimum atomic E-state index is -3.47. The number of ether oxygens (including phenoxy) is 1. The highest BCUT2D eigenvalue weighted by atomic mass is 32.2. The summed E-state index contributed by atoms with van der Waals surface area (Å²) in [5, 5.41) is 0. The lowest BCUT2D eigenvalue weighted by molar-refractivity contribution is 0.0401. The molecule has 2 atom stereocenters. The third-order valence-electron chi connectivity index (χ3n) is 3.84. The van der Waals surface area contributed by atoms with Gasteiger partial charge in [-0.1, -0.05) is 12.1 Å². The molecule has 0 saturated carbocycles. The monoisotopic (exact) mass is 316 g/mol. The van der Waals surface area contributed by atoms with Crippen LogP contribution in [0.4, 0.5) is 4.39 Å². The number of hydrogen-bond donors (Lipinski definition) is 1. The number of methoxy groups -OCH3 is 1. The highest BCUT2D eigenvalue weighted by Gasteiger charge is 2.35. The summed E-state index contributed by atoms with van der Waals surface area (Å²) < 4.78 is 44.7. The Morgan fingerprint density at radius 2 is 2.05 bits per heavy atom. The third kappa shape index (κ3) is 4.00. The Balaban J connectivity index is 2.12. The molecule has 1 aliphatic heterocycles. The lowest BCUT2D eigenvalue weighted by atomic mass is 10.0. The van der Waals surface area contributed by atoms with Gasteiger partial charge in [-0.05, 0) is 30.5 Å². The molecule has 1 fully saturated rings. The van der Waals surface area contributed by atoms with Crippen LogP contribution in [0, 0.1) is 5.82 Å². The van der Waals surface area contributed by atoms with E-state index in [4.69, 9.17) is 10.5 Å². The smallest absolute Gasteiger partial charge is 0.218 e. The summed E-state index contributed by atoms with van der Waals surface area (Å²) in [6.45, 7) is 0.673. The Morgan fingerprint density at radius 3 is 2.62 bits per heavy atom. The molecule has 0 aliphatic carbocycles. The van der Waals surface area contributed by atoms with E-state index in [2.05, 4.69) is 0 Å². The van der Waals surface area contributed by atoms with Crippen molar-refractivity contribution >= 4 is 10.0 Å². The van der Waals surface area contributed by atoms with Gasteiger partial charge in [-0.25, -0.2) is 12.8 Å². The first-order chi connectivity index (χ1) is 9.96. The summed E-state index contributed by atoms with van der Waals surface area (Å²) >= 11 is 0. The van der Waals surface area contributed by atoms with Gasteiger partial charge in [0.25, 0.3) is 0 Å². The Labute approximate surface area is 124 Å². The summed E-state index contributed by atoms with van der Waals surface area (Å²) in [5.74, 6) is -0.515. The Morgan fingerprint density at radius 1 is 1.38 bits per heavy atom. The van der Waals surface area contributed by atoms with Crippen molar-refractivity contribution < 1.29 is 17.5 Å². The zero-order chi connectivity index (χ0) is 15.5. The van der Waals surface area contributed by atoms with Gasteiger partial charge in [-0.3, -0.25) is 0 Å². The van der Waals surface area contributed by atoms with Crippen LogP contribution < -0.4 is 5.73 Å². The van der Waals surface area contributed by atoms with E-state index < -0.39 is 10.0 Å². The van der Waals surface area contributed by atoms with Crippen molar-refractivity contribution in [2.75, 3.05) is 20.2 Å². The average molecular weight is 316 g/mol. The number of nitrogens with zero attached hydrogens (tertiary/aromatic N) is 1. The standard InChI is InChI=1S/C14H21FN2O3S/c1-20-14-6-7-17(13(8-14)9-16)21(18,19)10-11-2-4-12(15)5-3-11/h2-5,13-14H,6-10,16H2,1H3. The maximum Gasteiger partial charge on any atom is 0.218 e. The molecule has 7 heteroatoms. The molecule has 2 rings (SSSR count). The van der Waals surface area contributed by atoms with Crippen LogP contribution in [0.15, 0.2) is 24.3 Å². The quantitative estimate of drug-likeness (QED) is 0.883. The molecule has 2 unspecified atom stereocenters. The zero-order valence-corrected chi connectivity index (χ0v) is 12.9. The van der Waals surface area contributed by atoms with E-state index in [9.17, 15) is 12.8 Å². The lowest BCUT2D eigenvalue weighted by Gasteiger charge is -2.37. The van der Waals surface area contributed by atoms with Crippen LogP contribution >= 0.6 is 0 Å². The van der Waals surface area contributed by atoms with Crippen LogP contribution in [0.5, 0.6) is 0 Å². The van der Waals surface area contributed by atoms with Crippen LogP contribution in [-0.2, 0) is 20.5 Å². The van der Waals surface area contributed by atoms with Crippen LogP contribution in [0.2, 0.25) is 0 Å². The molecule has 1 saturated heterocycles. The number of halogens is 1. The average Bonchev–Trinajstić information content (AvgIpc) is 2.48. The van der Waals surface area contributed by atoms with Gasteiger partial charge in [0, 0.05) is 26.2 Å². The second-order valence-corrected chi connectivity index (χ2v) is 7.19. The molecule has 5 nitrogen and oxygen atoms in total. The highest BCUT2D eigenvalue weighted by molar-refractivity contribution is 7.88. The summed E-state index contributed by atoms with van der Waals surface area (Å²) in [4.78, 5) is 0. The fourth-order valence-corrected chi connectivity index (χ4v) is 4.45. The number of rotatable bonds is 5. The first-order valence-corrected chi connectivity index (χ1v) is 8.54. The van der Waals surface area contributed by atoms with Crippen LogP contribution in [0.25, 0.3) is 0 Å². The lowest BCUT2D eigenvalue weighted by Crippen LogP contribution is -2.51. The maximum atomic E-state index is 12.9. The third-order valence-corrected chi connectivity index (χ3v) is 5.73. The largest absolute Gasteiger partial charge is 0.381 e. The van der Waals surface area contributed by atoms with Crippen molar-refractivity contribution in [1.29, 1.82) is 0 Å². The fourth-order valence-electron chi connectivity index (χ4n) is 2.66. The highest BCUT2D eigenvalue weighted by Crippen LogP contribution is 2.24. The molecule has 0 spiro atoms. The second-order valence-electron chi connectivity index (χ2n) is 5.27. The molecule has 21 heavy (non-hydrogen) atoms.